The maximum atomic E-state index is 11.6. The van der Waals surface area contributed by atoms with Crippen molar-refractivity contribution in [2.75, 3.05) is 39.6 Å². The van der Waals surface area contributed by atoms with Gasteiger partial charge in [-0.3, -0.25) is 0 Å². The molecule has 124 valence electrons. The van der Waals surface area contributed by atoms with E-state index in [4.69, 9.17) is 29.8 Å². The number of rotatable bonds is 11. The van der Waals surface area contributed by atoms with Gasteiger partial charge >= 0.3 is 11.9 Å². The van der Waals surface area contributed by atoms with Gasteiger partial charge < -0.3 is 29.8 Å². The summed E-state index contributed by atoms with van der Waals surface area (Å²) in [6, 6.07) is 0. The maximum absolute atomic E-state index is 11.6. The summed E-state index contributed by atoms with van der Waals surface area (Å²) in [4.78, 5) is 22.6. The van der Waals surface area contributed by atoms with E-state index in [0.717, 1.165) is 0 Å². The van der Waals surface area contributed by atoms with E-state index in [1.807, 2.05) is 0 Å². The first-order chi connectivity index (χ1) is 9.78. The third kappa shape index (κ3) is 11.1. The number of nitrogens with two attached hydrogens (primary N) is 1. The second kappa shape index (κ2) is 10.5. The van der Waals surface area contributed by atoms with E-state index < -0.39 is 23.6 Å². The second-order valence-corrected chi connectivity index (χ2v) is 5.14. The number of carboxylic acid groups (broad SMARTS) is 1. The Labute approximate surface area is 124 Å². The normalized spacial score (nSPS) is 13.0. The number of ether oxygens (including phenoxy) is 4. The number of aliphatic carboxylic acids is 1. The molecular formula is C13H25NO7. The molecule has 21 heavy (non-hydrogen) atoms. The Kier molecular flexibility index (Phi) is 9.89. The first-order valence-electron chi connectivity index (χ1n) is 6.70. The van der Waals surface area contributed by atoms with E-state index in [1.54, 1.807) is 20.8 Å². The molecule has 0 fully saturated rings. The molecule has 0 spiro atoms. The molecular weight excluding hydrogens is 282 g/mol. The van der Waals surface area contributed by atoms with Crippen LogP contribution >= 0.6 is 0 Å². The van der Waals surface area contributed by atoms with Crippen molar-refractivity contribution in [3.8, 4) is 0 Å². The third-order valence-corrected chi connectivity index (χ3v) is 1.99. The quantitative estimate of drug-likeness (QED) is 0.306. The van der Waals surface area contributed by atoms with E-state index in [9.17, 15) is 9.59 Å². The molecule has 0 aliphatic carbocycles. The van der Waals surface area contributed by atoms with Crippen molar-refractivity contribution in [1.82, 2.24) is 0 Å². The lowest BCUT2D eigenvalue weighted by Gasteiger charge is -2.22. The average molecular weight is 307 g/mol. The fraction of sp³-hybridized carbons (Fsp3) is 0.846. The van der Waals surface area contributed by atoms with Crippen LogP contribution in [-0.4, -0.2) is 68.3 Å². The summed E-state index contributed by atoms with van der Waals surface area (Å²) in [5.74, 6) is -2.32. The van der Waals surface area contributed by atoms with Gasteiger partial charge in [-0.05, 0) is 20.8 Å². The molecule has 0 aromatic rings. The predicted molar refractivity (Wildman–Crippen MR) is 73.9 cm³/mol. The van der Waals surface area contributed by atoms with Crippen LogP contribution in [0.4, 0.5) is 0 Å². The lowest BCUT2D eigenvalue weighted by Crippen LogP contribution is -2.39. The molecule has 1 atom stereocenters. The van der Waals surface area contributed by atoms with Gasteiger partial charge in [-0.15, -0.1) is 0 Å². The van der Waals surface area contributed by atoms with Crippen molar-refractivity contribution in [1.29, 1.82) is 0 Å². The van der Waals surface area contributed by atoms with Gasteiger partial charge in [0.1, 0.15) is 5.60 Å². The summed E-state index contributed by atoms with van der Waals surface area (Å²) >= 11 is 0. The van der Waals surface area contributed by atoms with E-state index in [0.29, 0.717) is 26.4 Å². The van der Waals surface area contributed by atoms with Crippen LogP contribution in [0.1, 0.15) is 20.8 Å². The Morgan fingerprint density at radius 3 is 2.05 bits per heavy atom. The molecule has 0 aliphatic heterocycles. The molecule has 8 heteroatoms. The minimum atomic E-state index is -1.65. The highest BCUT2D eigenvalue weighted by Gasteiger charge is 2.31. The summed E-state index contributed by atoms with van der Waals surface area (Å²) in [6.07, 6.45) is -1.65. The van der Waals surface area contributed by atoms with Crippen LogP contribution in [0.2, 0.25) is 0 Å². The molecule has 0 rings (SSSR count). The van der Waals surface area contributed by atoms with Crippen LogP contribution in [0.15, 0.2) is 0 Å². The number of hydrogen-bond donors (Lipinski definition) is 2. The Morgan fingerprint density at radius 2 is 1.57 bits per heavy atom. The fourth-order valence-electron chi connectivity index (χ4n) is 1.23. The van der Waals surface area contributed by atoms with Crippen molar-refractivity contribution in [3.05, 3.63) is 0 Å². The van der Waals surface area contributed by atoms with Crippen molar-refractivity contribution in [2.45, 2.75) is 32.5 Å². The summed E-state index contributed by atoms with van der Waals surface area (Å²) in [7, 11) is 0. The standard InChI is InChI=1S/C13H25NO7/c1-13(2,3)21-12(17)10(11(15)16)20-9-8-19-7-6-18-5-4-14/h10H,4-9,14H2,1-3H3,(H,15,16). The minimum Gasteiger partial charge on any atom is -0.479 e. The monoisotopic (exact) mass is 307 g/mol. The van der Waals surface area contributed by atoms with Crippen molar-refractivity contribution >= 4 is 11.9 Å². The molecule has 1 unspecified atom stereocenters. The van der Waals surface area contributed by atoms with Crippen molar-refractivity contribution < 1.29 is 33.6 Å². The molecule has 8 nitrogen and oxygen atoms in total. The van der Waals surface area contributed by atoms with Crippen LogP contribution in [0.3, 0.4) is 0 Å². The number of carboxylic acids is 1. The number of hydrogen-bond acceptors (Lipinski definition) is 7. The zero-order chi connectivity index (χ0) is 16.3. The lowest BCUT2D eigenvalue weighted by atomic mass is 10.2. The summed E-state index contributed by atoms with van der Waals surface area (Å²) in [6.45, 7) is 6.69. The Hall–Kier alpha value is -1.22. The van der Waals surface area contributed by atoms with Gasteiger partial charge in [-0.1, -0.05) is 0 Å². The number of carbonyl (C=O) groups is 2. The zero-order valence-corrected chi connectivity index (χ0v) is 12.8. The Balaban J connectivity index is 3.91. The molecule has 0 heterocycles. The van der Waals surface area contributed by atoms with Crippen molar-refractivity contribution in [3.63, 3.8) is 0 Å². The first kappa shape index (κ1) is 19.8. The van der Waals surface area contributed by atoms with Gasteiger partial charge in [0.25, 0.3) is 6.10 Å². The summed E-state index contributed by atoms with van der Waals surface area (Å²) in [5, 5.41) is 8.94. The van der Waals surface area contributed by atoms with Gasteiger partial charge in [-0.25, -0.2) is 9.59 Å². The molecule has 0 saturated carbocycles. The largest absolute Gasteiger partial charge is 0.479 e. The van der Waals surface area contributed by atoms with E-state index in [1.165, 1.54) is 0 Å². The van der Waals surface area contributed by atoms with Crippen LogP contribution in [0.5, 0.6) is 0 Å². The van der Waals surface area contributed by atoms with Gasteiger partial charge in [-0.2, -0.15) is 0 Å². The zero-order valence-electron chi connectivity index (χ0n) is 12.8. The molecule has 0 aromatic carbocycles. The fourth-order valence-corrected chi connectivity index (χ4v) is 1.23. The Morgan fingerprint density at radius 1 is 1.05 bits per heavy atom. The van der Waals surface area contributed by atoms with E-state index in [2.05, 4.69) is 0 Å². The molecule has 0 bridgehead atoms. The highest BCUT2D eigenvalue weighted by molar-refractivity contribution is 5.97. The van der Waals surface area contributed by atoms with Gasteiger partial charge in [0, 0.05) is 6.54 Å². The lowest BCUT2D eigenvalue weighted by molar-refractivity contribution is -0.178. The van der Waals surface area contributed by atoms with Crippen LogP contribution in [0, 0.1) is 0 Å². The predicted octanol–water partition coefficient (Wildman–Crippen LogP) is -0.210. The first-order valence-corrected chi connectivity index (χ1v) is 6.70. The molecule has 0 amide bonds. The topological polar surface area (TPSA) is 117 Å². The molecule has 0 aromatic heterocycles. The minimum absolute atomic E-state index is 0.0346. The highest BCUT2D eigenvalue weighted by atomic mass is 16.6. The average Bonchev–Trinajstić information content (AvgIpc) is 2.34. The molecule has 0 aliphatic rings. The van der Waals surface area contributed by atoms with Gasteiger partial charge in [0.15, 0.2) is 0 Å². The molecule has 0 radical (unpaired) electrons. The highest BCUT2D eigenvalue weighted by Crippen LogP contribution is 2.10. The van der Waals surface area contributed by atoms with E-state index in [-0.39, 0.29) is 13.2 Å². The molecule has 3 N–H and O–H groups in total. The van der Waals surface area contributed by atoms with Crippen molar-refractivity contribution in [2.24, 2.45) is 5.73 Å². The summed E-state index contributed by atoms with van der Waals surface area (Å²) in [5.41, 5.74) is 4.47. The van der Waals surface area contributed by atoms with Gasteiger partial charge in [0.05, 0.1) is 33.0 Å². The number of esters is 1. The van der Waals surface area contributed by atoms with Crippen LogP contribution in [0.25, 0.3) is 0 Å². The Bertz CT molecular complexity index is 314. The molecule has 0 saturated heterocycles. The SMILES string of the molecule is CC(C)(C)OC(=O)C(OCCOCCOCCN)C(=O)O. The maximum Gasteiger partial charge on any atom is 0.347 e. The van der Waals surface area contributed by atoms with Gasteiger partial charge in [0.2, 0.25) is 0 Å². The second-order valence-electron chi connectivity index (χ2n) is 5.14. The summed E-state index contributed by atoms with van der Waals surface area (Å²) < 4.78 is 20.2. The smallest absolute Gasteiger partial charge is 0.347 e. The number of carbonyl (C=O) groups excluding carboxylic acids is 1. The third-order valence-electron chi connectivity index (χ3n) is 1.99. The van der Waals surface area contributed by atoms with Crippen LogP contribution in [-0.2, 0) is 28.5 Å². The van der Waals surface area contributed by atoms with E-state index >= 15 is 0 Å². The van der Waals surface area contributed by atoms with Crippen LogP contribution < -0.4 is 5.73 Å².